The number of rotatable bonds is 6. The number of phenolic OH excluding ortho intramolecular Hbond substituents is 3. The molecule has 1 fully saturated rings. The standard InChI is InChI=1S/C26H28O11/c1-11(2)3-4-14-17(36-26-25(34)24(33)23(32)19(9-27)37-26)6-5-13(21(14)30)15-10-35-18-8-12(28)7-16(29)20(18)22(15)31/h3,5-8,10,19,23-30,32-34H,4,9H2,1-2H3/t19-,23+,24+,25-,26-/m1/s1. The molecule has 0 amide bonds. The molecule has 0 spiro atoms. The predicted octanol–water partition coefficient (Wildman–Crippen LogP) is 1.26. The van der Waals surface area contributed by atoms with Crippen LogP contribution in [0.2, 0.25) is 0 Å². The van der Waals surface area contributed by atoms with Gasteiger partial charge in [0.2, 0.25) is 11.7 Å². The Morgan fingerprint density at radius 3 is 2.43 bits per heavy atom. The highest BCUT2D eigenvalue weighted by Gasteiger charge is 2.45. The lowest BCUT2D eigenvalue weighted by Gasteiger charge is -2.39. The van der Waals surface area contributed by atoms with Gasteiger partial charge in [0.05, 0.1) is 12.2 Å². The second-order valence-electron chi connectivity index (χ2n) is 9.06. The van der Waals surface area contributed by atoms with Crippen LogP contribution in [0.1, 0.15) is 19.4 Å². The summed E-state index contributed by atoms with van der Waals surface area (Å²) in [5, 5.41) is 70.8. The van der Waals surface area contributed by atoms with E-state index in [1.54, 1.807) is 6.08 Å². The monoisotopic (exact) mass is 516 g/mol. The lowest BCUT2D eigenvalue weighted by atomic mass is 9.97. The summed E-state index contributed by atoms with van der Waals surface area (Å²) >= 11 is 0. The lowest BCUT2D eigenvalue weighted by molar-refractivity contribution is -0.277. The Kier molecular flexibility index (Phi) is 7.44. The van der Waals surface area contributed by atoms with Gasteiger partial charge in [0.25, 0.3) is 0 Å². The minimum absolute atomic E-state index is 0.0434. The van der Waals surface area contributed by atoms with Gasteiger partial charge < -0.3 is 49.6 Å². The topological polar surface area (TPSA) is 190 Å². The summed E-state index contributed by atoms with van der Waals surface area (Å²) < 4.78 is 16.6. The maximum Gasteiger partial charge on any atom is 0.229 e. The van der Waals surface area contributed by atoms with E-state index in [9.17, 15) is 40.5 Å². The first-order valence-corrected chi connectivity index (χ1v) is 11.5. The van der Waals surface area contributed by atoms with E-state index in [2.05, 4.69) is 0 Å². The number of aliphatic hydroxyl groups is 4. The van der Waals surface area contributed by atoms with E-state index >= 15 is 0 Å². The molecule has 11 heteroatoms. The molecular formula is C26H28O11. The second kappa shape index (κ2) is 10.4. The minimum atomic E-state index is -1.66. The third-order valence-electron chi connectivity index (χ3n) is 6.18. The summed E-state index contributed by atoms with van der Waals surface area (Å²) in [5.41, 5.74) is 0.441. The van der Waals surface area contributed by atoms with Crippen molar-refractivity contribution < 1.29 is 49.6 Å². The summed E-state index contributed by atoms with van der Waals surface area (Å²) in [5.74, 6) is -1.06. The molecule has 3 aromatic rings. The van der Waals surface area contributed by atoms with Gasteiger partial charge >= 0.3 is 0 Å². The Hall–Kier alpha value is -3.61. The number of hydrogen-bond acceptors (Lipinski definition) is 11. The van der Waals surface area contributed by atoms with Crippen molar-refractivity contribution in [2.75, 3.05) is 6.61 Å². The zero-order valence-corrected chi connectivity index (χ0v) is 20.0. The van der Waals surface area contributed by atoms with Crippen LogP contribution in [0.15, 0.2) is 51.4 Å². The highest BCUT2D eigenvalue weighted by atomic mass is 16.7. The summed E-state index contributed by atoms with van der Waals surface area (Å²) in [7, 11) is 0. The fourth-order valence-electron chi connectivity index (χ4n) is 4.14. The normalized spacial score (nSPS) is 23.7. The Bertz CT molecular complexity index is 1390. The van der Waals surface area contributed by atoms with Crippen LogP contribution in [-0.2, 0) is 11.2 Å². The van der Waals surface area contributed by atoms with Crippen molar-refractivity contribution in [2.24, 2.45) is 0 Å². The van der Waals surface area contributed by atoms with Gasteiger partial charge in [0.1, 0.15) is 64.6 Å². The molecule has 0 unspecified atom stereocenters. The number of hydrogen-bond donors (Lipinski definition) is 7. The number of aromatic hydroxyl groups is 3. The van der Waals surface area contributed by atoms with E-state index in [-0.39, 0.29) is 51.3 Å². The van der Waals surface area contributed by atoms with Crippen molar-refractivity contribution in [1.82, 2.24) is 0 Å². The van der Waals surface area contributed by atoms with Crippen LogP contribution in [-0.4, -0.2) is 73.1 Å². The Labute approximate surface area is 210 Å². The first-order chi connectivity index (χ1) is 17.5. The molecule has 1 aromatic heterocycles. The number of fused-ring (bicyclic) bond motifs is 1. The molecule has 7 N–H and O–H groups in total. The van der Waals surface area contributed by atoms with E-state index in [0.717, 1.165) is 17.9 Å². The van der Waals surface area contributed by atoms with Gasteiger partial charge in [0.15, 0.2) is 0 Å². The quantitative estimate of drug-likeness (QED) is 0.234. The van der Waals surface area contributed by atoms with Gasteiger partial charge in [-0.15, -0.1) is 0 Å². The average Bonchev–Trinajstić information content (AvgIpc) is 2.84. The highest BCUT2D eigenvalue weighted by Crippen LogP contribution is 2.40. The molecule has 1 aliphatic rings. The molecule has 0 saturated carbocycles. The molecule has 0 aliphatic carbocycles. The predicted molar refractivity (Wildman–Crippen MR) is 130 cm³/mol. The van der Waals surface area contributed by atoms with Gasteiger partial charge in [0, 0.05) is 23.3 Å². The molecule has 4 rings (SSSR count). The van der Waals surface area contributed by atoms with E-state index in [4.69, 9.17) is 13.9 Å². The summed E-state index contributed by atoms with van der Waals surface area (Å²) in [6.45, 7) is 3.05. The molecule has 1 saturated heterocycles. The largest absolute Gasteiger partial charge is 0.508 e. The first-order valence-electron chi connectivity index (χ1n) is 11.5. The number of ether oxygens (including phenoxy) is 2. The highest BCUT2D eigenvalue weighted by molar-refractivity contribution is 5.89. The summed E-state index contributed by atoms with van der Waals surface area (Å²) in [6, 6.07) is 4.97. The van der Waals surface area contributed by atoms with Crippen LogP contribution in [0, 0.1) is 0 Å². The third kappa shape index (κ3) is 4.99. The van der Waals surface area contributed by atoms with E-state index in [0.29, 0.717) is 0 Å². The molecular weight excluding hydrogens is 488 g/mol. The molecule has 2 heterocycles. The smallest absolute Gasteiger partial charge is 0.229 e. The molecule has 2 aromatic carbocycles. The van der Waals surface area contributed by atoms with Crippen LogP contribution in [0.4, 0.5) is 0 Å². The molecule has 11 nitrogen and oxygen atoms in total. The van der Waals surface area contributed by atoms with Crippen molar-refractivity contribution in [3.05, 3.63) is 58.0 Å². The molecule has 1 aliphatic heterocycles. The zero-order valence-electron chi connectivity index (χ0n) is 20.0. The van der Waals surface area contributed by atoms with E-state index in [1.807, 2.05) is 13.8 Å². The number of aliphatic hydroxyl groups excluding tert-OH is 4. The van der Waals surface area contributed by atoms with Gasteiger partial charge in [-0.2, -0.15) is 0 Å². The molecule has 37 heavy (non-hydrogen) atoms. The van der Waals surface area contributed by atoms with Crippen molar-refractivity contribution in [3.8, 4) is 34.1 Å². The molecule has 0 bridgehead atoms. The Balaban J connectivity index is 1.80. The lowest BCUT2D eigenvalue weighted by Crippen LogP contribution is -2.60. The number of allylic oxidation sites excluding steroid dienone is 2. The molecule has 5 atom stereocenters. The van der Waals surface area contributed by atoms with Crippen LogP contribution < -0.4 is 10.2 Å². The molecule has 0 radical (unpaired) electrons. The van der Waals surface area contributed by atoms with E-state index < -0.39 is 48.5 Å². The molecule has 198 valence electrons. The third-order valence-corrected chi connectivity index (χ3v) is 6.18. The van der Waals surface area contributed by atoms with Crippen LogP contribution in [0.5, 0.6) is 23.0 Å². The van der Waals surface area contributed by atoms with Crippen LogP contribution >= 0.6 is 0 Å². The maximum absolute atomic E-state index is 13.2. The SMILES string of the molecule is CC(C)=CCc1c(O[C@@H]2O[C@H](CO)[C@H](O)[C@H](O)[C@H]2O)ccc(-c2coc3cc(O)cc(O)c3c2=O)c1O. The van der Waals surface area contributed by atoms with Gasteiger partial charge in [-0.3, -0.25) is 4.79 Å². The van der Waals surface area contributed by atoms with Gasteiger partial charge in [-0.25, -0.2) is 0 Å². The van der Waals surface area contributed by atoms with Crippen LogP contribution in [0.25, 0.3) is 22.1 Å². The van der Waals surface area contributed by atoms with Gasteiger partial charge in [-0.1, -0.05) is 11.6 Å². The zero-order chi connectivity index (χ0) is 27.0. The summed E-state index contributed by atoms with van der Waals surface area (Å²) in [6.07, 6.45) is -4.52. The van der Waals surface area contributed by atoms with Crippen molar-refractivity contribution in [1.29, 1.82) is 0 Å². The fourth-order valence-corrected chi connectivity index (χ4v) is 4.14. The number of benzene rings is 2. The van der Waals surface area contributed by atoms with Crippen molar-refractivity contribution in [2.45, 2.75) is 51.0 Å². The Morgan fingerprint density at radius 1 is 1.03 bits per heavy atom. The van der Waals surface area contributed by atoms with Crippen LogP contribution in [0.3, 0.4) is 0 Å². The number of phenols is 3. The fraction of sp³-hybridized carbons (Fsp3) is 0.346. The summed E-state index contributed by atoms with van der Waals surface area (Å²) in [4.78, 5) is 13.2. The van der Waals surface area contributed by atoms with E-state index in [1.165, 1.54) is 18.2 Å². The minimum Gasteiger partial charge on any atom is -0.508 e. The Morgan fingerprint density at radius 2 is 1.76 bits per heavy atom. The van der Waals surface area contributed by atoms with Gasteiger partial charge in [-0.05, 0) is 32.4 Å². The second-order valence-corrected chi connectivity index (χ2v) is 9.06. The van der Waals surface area contributed by atoms with Crippen molar-refractivity contribution >= 4 is 11.0 Å². The van der Waals surface area contributed by atoms with Crippen molar-refractivity contribution in [3.63, 3.8) is 0 Å². The first kappa shape index (κ1) is 26.5. The average molecular weight is 516 g/mol. The maximum atomic E-state index is 13.2.